The Morgan fingerprint density at radius 1 is 1.50 bits per heavy atom. The van der Waals surface area contributed by atoms with Crippen LogP contribution in [0, 0.1) is 0 Å². The van der Waals surface area contributed by atoms with E-state index in [0.717, 1.165) is 23.0 Å². The minimum Gasteiger partial charge on any atom is -0.480 e. The van der Waals surface area contributed by atoms with Crippen molar-refractivity contribution in [3.8, 4) is 0 Å². The van der Waals surface area contributed by atoms with Gasteiger partial charge in [-0.25, -0.2) is 0 Å². The summed E-state index contributed by atoms with van der Waals surface area (Å²) in [4.78, 5) is 17.4. The molecule has 0 amide bonds. The van der Waals surface area contributed by atoms with Crippen molar-refractivity contribution >= 4 is 21.9 Å². The summed E-state index contributed by atoms with van der Waals surface area (Å²) in [5.74, 6) is 0.295. The van der Waals surface area contributed by atoms with Gasteiger partial charge in [-0.15, -0.1) is 0 Å². The minimum absolute atomic E-state index is 0.391. The van der Waals surface area contributed by atoms with Crippen LogP contribution in [0.2, 0.25) is 0 Å². The molecule has 7 heteroatoms. The maximum atomic E-state index is 11.2. The topological polar surface area (TPSA) is 79.5 Å². The van der Waals surface area contributed by atoms with E-state index in [4.69, 9.17) is 4.52 Å². The molecule has 0 radical (unpaired) electrons. The number of benzene rings is 1. The molecule has 116 valence electrons. The number of likely N-dealkylation sites (tertiary alicyclic amines) is 1. The van der Waals surface area contributed by atoms with Crippen LogP contribution in [-0.4, -0.2) is 38.7 Å². The Kier molecular flexibility index (Phi) is 4.54. The van der Waals surface area contributed by atoms with Gasteiger partial charge in [0.2, 0.25) is 5.89 Å². The van der Waals surface area contributed by atoms with Crippen LogP contribution in [0.5, 0.6) is 0 Å². The molecule has 0 bridgehead atoms. The highest BCUT2D eigenvalue weighted by molar-refractivity contribution is 9.10. The average Bonchev–Trinajstić information content (AvgIpc) is 3.09. The summed E-state index contributed by atoms with van der Waals surface area (Å²) >= 11 is 3.43. The van der Waals surface area contributed by atoms with Crippen molar-refractivity contribution in [1.29, 1.82) is 0 Å². The van der Waals surface area contributed by atoms with E-state index in [9.17, 15) is 9.90 Å². The smallest absolute Gasteiger partial charge is 0.320 e. The lowest BCUT2D eigenvalue weighted by Gasteiger charge is -2.18. The first-order valence-electron chi connectivity index (χ1n) is 7.14. The van der Waals surface area contributed by atoms with Gasteiger partial charge < -0.3 is 9.63 Å². The first kappa shape index (κ1) is 15.2. The molecule has 1 fully saturated rings. The van der Waals surface area contributed by atoms with Crippen LogP contribution >= 0.6 is 15.9 Å². The SMILES string of the molecule is O=C(O)[C@H]1CCCN1Cc1nc(Cc2cccc(Br)c2)no1. The molecular weight excluding hydrogens is 350 g/mol. The van der Waals surface area contributed by atoms with Crippen molar-refractivity contribution < 1.29 is 14.4 Å². The summed E-state index contributed by atoms with van der Waals surface area (Å²) in [5.41, 5.74) is 1.09. The Labute approximate surface area is 136 Å². The van der Waals surface area contributed by atoms with E-state index in [-0.39, 0.29) is 0 Å². The molecular formula is C15H16BrN3O3. The third-order valence-corrected chi connectivity index (χ3v) is 4.24. The zero-order valence-electron chi connectivity index (χ0n) is 11.9. The van der Waals surface area contributed by atoms with E-state index in [0.29, 0.717) is 31.1 Å². The van der Waals surface area contributed by atoms with Crippen LogP contribution in [0.4, 0.5) is 0 Å². The fourth-order valence-corrected chi connectivity index (χ4v) is 3.17. The summed E-state index contributed by atoms with van der Waals surface area (Å²) in [6, 6.07) is 7.49. The van der Waals surface area contributed by atoms with Gasteiger partial charge in [0, 0.05) is 10.9 Å². The minimum atomic E-state index is -0.786. The highest BCUT2D eigenvalue weighted by Gasteiger charge is 2.31. The molecule has 1 atom stereocenters. The van der Waals surface area contributed by atoms with Gasteiger partial charge in [-0.3, -0.25) is 9.69 Å². The van der Waals surface area contributed by atoms with Gasteiger partial charge in [0.25, 0.3) is 0 Å². The van der Waals surface area contributed by atoms with Gasteiger partial charge in [0.15, 0.2) is 5.82 Å². The predicted molar refractivity (Wildman–Crippen MR) is 82.3 cm³/mol. The van der Waals surface area contributed by atoms with Gasteiger partial charge in [0.05, 0.1) is 6.54 Å². The van der Waals surface area contributed by atoms with Crippen molar-refractivity contribution in [2.24, 2.45) is 0 Å². The lowest BCUT2D eigenvalue weighted by atomic mass is 10.1. The van der Waals surface area contributed by atoms with Gasteiger partial charge in [-0.05, 0) is 37.1 Å². The summed E-state index contributed by atoms with van der Waals surface area (Å²) < 4.78 is 6.26. The number of carboxylic acid groups (broad SMARTS) is 1. The quantitative estimate of drug-likeness (QED) is 0.876. The molecule has 0 unspecified atom stereocenters. The summed E-state index contributed by atoms with van der Waals surface area (Å²) in [7, 11) is 0. The Morgan fingerprint density at radius 2 is 2.36 bits per heavy atom. The number of aliphatic carboxylic acids is 1. The summed E-state index contributed by atoms with van der Waals surface area (Å²) in [6.45, 7) is 1.14. The van der Waals surface area contributed by atoms with Crippen LogP contribution in [0.1, 0.15) is 30.1 Å². The number of aromatic nitrogens is 2. The van der Waals surface area contributed by atoms with Crippen molar-refractivity contribution in [2.45, 2.75) is 31.8 Å². The van der Waals surface area contributed by atoms with Gasteiger partial charge in [0.1, 0.15) is 6.04 Å². The summed E-state index contributed by atoms with van der Waals surface area (Å²) in [6.07, 6.45) is 2.15. The summed E-state index contributed by atoms with van der Waals surface area (Å²) in [5, 5.41) is 13.2. The van der Waals surface area contributed by atoms with Crippen molar-refractivity contribution in [3.63, 3.8) is 0 Å². The predicted octanol–water partition coefficient (Wildman–Crippen LogP) is 2.47. The van der Waals surface area contributed by atoms with E-state index < -0.39 is 12.0 Å². The van der Waals surface area contributed by atoms with Gasteiger partial charge in [-0.2, -0.15) is 4.98 Å². The van der Waals surface area contributed by atoms with Crippen molar-refractivity contribution in [2.75, 3.05) is 6.54 Å². The van der Waals surface area contributed by atoms with Crippen LogP contribution in [0.3, 0.4) is 0 Å². The highest BCUT2D eigenvalue weighted by atomic mass is 79.9. The zero-order chi connectivity index (χ0) is 15.5. The Hall–Kier alpha value is -1.73. The molecule has 1 saturated heterocycles. The van der Waals surface area contributed by atoms with Crippen LogP contribution < -0.4 is 0 Å². The standard InChI is InChI=1S/C15H16BrN3O3/c16-11-4-1-3-10(7-11)8-13-17-14(22-18-13)9-19-6-2-5-12(19)15(20)21/h1,3-4,7,12H,2,5-6,8-9H2,(H,20,21)/t12-/m1/s1. The number of hydrogen-bond donors (Lipinski definition) is 1. The Bertz CT molecular complexity index is 674. The normalized spacial score (nSPS) is 18.7. The second-order valence-electron chi connectivity index (χ2n) is 5.38. The van der Waals surface area contributed by atoms with E-state index in [2.05, 4.69) is 26.1 Å². The molecule has 3 rings (SSSR count). The van der Waals surface area contributed by atoms with Gasteiger partial charge in [-0.1, -0.05) is 33.2 Å². The number of nitrogens with zero attached hydrogens (tertiary/aromatic N) is 3. The molecule has 1 aromatic heterocycles. The third kappa shape index (κ3) is 3.53. The Balaban J connectivity index is 1.65. The molecule has 0 aliphatic carbocycles. The maximum absolute atomic E-state index is 11.2. The molecule has 6 nitrogen and oxygen atoms in total. The van der Waals surface area contributed by atoms with Gasteiger partial charge >= 0.3 is 5.97 Å². The molecule has 1 aliphatic heterocycles. The fourth-order valence-electron chi connectivity index (χ4n) is 2.72. The molecule has 0 saturated carbocycles. The molecule has 0 spiro atoms. The van der Waals surface area contributed by atoms with E-state index in [1.807, 2.05) is 29.2 Å². The first-order valence-corrected chi connectivity index (χ1v) is 7.94. The molecule has 22 heavy (non-hydrogen) atoms. The largest absolute Gasteiger partial charge is 0.480 e. The lowest BCUT2D eigenvalue weighted by Crippen LogP contribution is -2.35. The molecule has 2 heterocycles. The number of halogens is 1. The molecule has 1 aromatic carbocycles. The van der Waals surface area contributed by atoms with Crippen molar-refractivity contribution in [1.82, 2.24) is 15.0 Å². The number of carboxylic acids is 1. The van der Waals surface area contributed by atoms with Crippen LogP contribution in [0.25, 0.3) is 0 Å². The second-order valence-corrected chi connectivity index (χ2v) is 6.29. The zero-order valence-corrected chi connectivity index (χ0v) is 13.5. The van der Waals surface area contributed by atoms with Crippen molar-refractivity contribution in [3.05, 3.63) is 46.0 Å². The highest BCUT2D eigenvalue weighted by Crippen LogP contribution is 2.20. The van der Waals surface area contributed by atoms with E-state index >= 15 is 0 Å². The number of rotatable bonds is 5. The van der Waals surface area contributed by atoms with E-state index in [1.54, 1.807) is 0 Å². The first-order chi connectivity index (χ1) is 10.6. The van der Waals surface area contributed by atoms with Crippen LogP contribution in [0.15, 0.2) is 33.3 Å². The Morgan fingerprint density at radius 3 is 3.14 bits per heavy atom. The molecule has 2 aromatic rings. The van der Waals surface area contributed by atoms with E-state index in [1.165, 1.54) is 0 Å². The third-order valence-electron chi connectivity index (χ3n) is 3.75. The monoisotopic (exact) mass is 365 g/mol. The van der Waals surface area contributed by atoms with Crippen LogP contribution in [-0.2, 0) is 17.8 Å². The molecule has 1 aliphatic rings. The second kappa shape index (κ2) is 6.58. The lowest BCUT2D eigenvalue weighted by molar-refractivity contribution is -0.142. The molecule has 1 N–H and O–H groups in total. The maximum Gasteiger partial charge on any atom is 0.320 e. The number of hydrogen-bond acceptors (Lipinski definition) is 5. The average molecular weight is 366 g/mol. The fraction of sp³-hybridized carbons (Fsp3) is 0.400. The number of carbonyl (C=O) groups is 1.